The number of hydrogen-bond acceptors (Lipinski definition) is 3. The van der Waals surface area contributed by atoms with E-state index in [2.05, 4.69) is 0 Å². The molecule has 2 saturated carbocycles. The van der Waals surface area contributed by atoms with E-state index in [0.29, 0.717) is 11.3 Å². The van der Waals surface area contributed by atoms with Gasteiger partial charge >= 0.3 is 6.09 Å². The standard InChI is InChI=1S/C22H36N2O3/c1-21(2,3)27-20(26)24-17-10-6-5-9-16(17)13-18(24)19(25)23-14-22(15-23)11-7-4-8-12-22/h16-18H,4-15H2,1-3H3/t16-,17-,18-/m0/s1. The Bertz CT molecular complexity index is 583. The molecule has 0 unspecified atom stereocenters. The molecule has 152 valence electrons. The highest BCUT2D eigenvalue weighted by Crippen LogP contribution is 2.46. The summed E-state index contributed by atoms with van der Waals surface area (Å²) in [4.78, 5) is 30.2. The highest BCUT2D eigenvalue weighted by atomic mass is 16.6. The van der Waals surface area contributed by atoms with Gasteiger partial charge in [-0.1, -0.05) is 32.1 Å². The molecule has 0 aromatic carbocycles. The van der Waals surface area contributed by atoms with E-state index in [1.807, 2.05) is 30.6 Å². The van der Waals surface area contributed by atoms with E-state index in [0.717, 1.165) is 38.8 Å². The zero-order valence-corrected chi connectivity index (χ0v) is 17.3. The van der Waals surface area contributed by atoms with Crippen molar-refractivity contribution in [1.29, 1.82) is 0 Å². The lowest BCUT2D eigenvalue weighted by Crippen LogP contribution is -2.63. The fourth-order valence-corrected chi connectivity index (χ4v) is 6.01. The number of ether oxygens (including phenoxy) is 1. The third kappa shape index (κ3) is 3.71. The lowest BCUT2D eigenvalue weighted by molar-refractivity contribution is -0.150. The molecular formula is C22H36N2O3. The summed E-state index contributed by atoms with van der Waals surface area (Å²) < 4.78 is 5.71. The van der Waals surface area contributed by atoms with Crippen LogP contribution in [0.4, 0.5) is 4.79 Å². The van der Waals surface area contributed by atoms with Gasteiger partial charge in [0.15, 0.2) is 0 Å². The van der Waals surface area contributed by atoms with Gasteiger partial charge < -0.3 is 9.64 Å². The molecule has 5 heteroatoms. The number of carbonyl (C=O) groups excluding carboxylic acids is 2. The maximum absolute atomic E-state index is 13.4. The molecule has 0 radical (unpaired) electrons. The first-order valence-electron chi connectivity index (χ1n) is 11.1. The molecule has 4 rings (SSSR count). The highest BCUT2D eigenvalue weighted by molar-refractivity contribution is 5.87. The Morgan fingerprint density at radius 1 is 0.963 bits per heavy atom. The number of rotatable bonds is 1. The van der Waals surface area contributed by atoms with Crippen molar-refractivity contribution in [3.63, 3.8) is 0 Å². The summed E-state index contributed by atoms with van der Waals surface area (Å²) in [6.07, 6.45) is 11.5. The van der Waals surface area contributed by atoms with Crippen LogP contribution in [0.3, 0.4) is 0 Å². The first-order valence-corrected chi connectivity index (χ1v) is 11.1. The Hall–Kier alpha value is -1.26. The van der Waals surface area contributed by atoms with Gasteiger partial charge in [0.2, 0.25) is 5.91 Å². The quantitative estimate of drug-likeness (QED) is 0.684. The highest BCUT2D eigenvalue weighted by Gasteiger charge is 2.53. The van der Waals surface area contributed by atoms with Crippen molar-refractivity contribution in [2.24, 2.45) is 11.3 Å². The largest absolute Gasteiger partial charge is 0.444 e. The second-order valence-corrected chi connectivity index (χ2v) is 10.5. The zero-order valence-electron chi connectivity index (χ0n) is 17.3. The van der Waals surface area contributed by atoms with E-state index in [1.54, 1.807) is 0 Å². The van der Waals surface area contributed by atoms with Crippen LogP contribution in [-0.2, 0) is 9.53 Å². The molecule has 0 aromatic rings. The predicted molar refractivity (Wildman–Crippen MR) is 104 cm³/mol. The fraction of sp³-hybridized carbons (Fsp3) is 0.909. The van der Waals surface area contributed by atoms with Gasteiger partial charge in [0, 0.05) is 24.5 Å². The third-order valence-electron chi connectivity index (χ3n) is 7.26. The SMILES string of the molecule is CC(C)(C)OC(=O)N1[C@H](C(=O)N2CC3(CCCCC3)C2)C[C@@H]2CCCC[C@@H]21. The van der Waals surface area contributed by atoms with Crippen molar-refractivity contribution in [1.82, 2.24) is 9.80 Å². The average molecular weight is 377 g/mol. The van der Waals surface area contributed by atoms with Gasteiger partial charge in [0.05, 0.1) is 0 Å². The Balaban J connectivity index is 1.47. The molecule has 4 fully saturated rings. The number of likely N-dealkylation sites (tertiary alicyclic amines) is 2. The summed E-state index contributed by atoms with van der Waals surface area (Å²) in [7, 11) is 0. The van der Waals surface area contributed by atoms with Gasteiger partial charge in [-0.15, -0.1) is 0 Å². The first-order chi connectivity index (χ1) is 12.8. The van der Waals surface area contributed by atoms with Crippen LogP contribution in [0.5, 0.6) is 0 Å². The van der Waals surface area contributed by atoms with Crippen LogP contribution >= 0.6 is 0 Å². The molecule has 4 aliphatic rings. The smallest absolute Gasteiger partial charge is 0.411 e. The van der Waals surface area contributed by atoms with Gasteiger partial charge in [0.25, 0.3) is 0 Å². The molecule has 2 heterocycles. The molecule has 2 saturated heterocycles. The molecule has 2 aliphatic heterocycles. The zero-order chi connectivity index (χ0) is 19.2. The second kappa shape index (κ2) is 6.97. The predicted octanol–water partition coefficient (Wildman–Crippen LogP) is 4.35. The van der Waals surface area contributed by atoms with E-state index >= 15 is 0 Å². The Morgan fingerprint density at radius 2 is 1.63 bits per heavy atom. The van der Waals surface area contributed by atoms with Crippen molar-refractivity contribution < 1.29 is 14.3 Å². The van der Waals surface area contributed by atoms with Crippen LogP contribution in [0.1, 0.15) is 85.0 Å². The summed E-state index contributed by atoms with van der Waals surface area (Å²) in [5, 5.41) is 0. The molecule has 2 amide bonds. The molecule has 0 bridgehead atoms. The number of fused-ring (bicyclic) bond motifs is 1. The Morgan fingerprint density at radius 3 is 2.30 bits per heavy atom. The van der Waals surface area contributed by atoms with E-state index in [1.165, 1.54) is 38.5 Å². The van der Waals surface area contributed by atoms with Crippen molar-refractivity contribution in [3.8, 4) is 0 Å². The second-order valence-electron chi connectivity index (χ2n) is 10.5. The minimum atomic E-state index is -0.527. The molecule has 2 aliphatic carbocycles. The van der Waals surface area contributed by atoms with Crippen LogP contribution in [0.15, 0.2) is 0 Å². The lowest BCUT2D eigenvalue weighted by Gasteiger charge is -2.53. The van der Waals surface area contributed by atoms with Gasteiger partial charge in [-0.2, -0.15) is 0 Å². The summed E-state index contributed by atoms with van der Waals surface area (Å²) in [5.41, 5.74) is -0.142. The maximum Gasteiger partial charge on any atom is 0.411 e. The lowest BCUT2D eigenvalue weighted by atomic mass is 9.68. The van der Waals surface area contributed by atoms with Gasteiger partial charge in [0.1, 0.15) is 11.6 Å². The van der Waals surface area contributed by atoms with Crippen LogP contribution in [0, 0.1) is 11.3 Å². The summed E-state index contributed by atoms with van der Waals surface area (Å²) in [5.74, 6) is 0.636. The number of nitrogens with zero attached hydrogens (tertiary/aromatic N) is 2. The minimum Gasteiger partial charge on any atom is -0.444 e. The van der Waals surface area contributed by atoms with E-state index in [4.69, 9.17) is 4.74 Å². The fourth-order valence-electron chi connectivity index (χ4n) is 6.01. The first kappa shape index (κ1) is 19.1. The van der Waals surface area contributed by atoms with Crippen LogP contribution in [-0.4, -0.2) is 52.6 Å². The summed E-state index contributed by atoms with van der Waals surface area (Å²) in [6, 6.07) is -0.124. The minimum absolute atomic E-state index is 0.173. The molecule has 0 N–H and O–H groups in total. The normalized spacial score (nSPS) is 32.8. The van der Waals surface area contributed by atoms with Gasteiger partial charge in [-0.25, -0.2) is 4.79 Å². The average Bonchev–Trinajstić information content (AvgIpc) is 2.98. The molecule has 1 spiro atoms. The molecule has 0 aromatic heterocycles. The topological polar surface area (TPSA) is 49.9 Å². The third-order valence-corrected chi connectivity index (χ3v) is 7.26. The van der Waals surface area contributed by atoms with Crippen molar-refractivity contribution >= 4 is 12.0 Å². The maximum atomic E-state index is 13.4. The number of amides is 2. The number of carbonyl (C=O) groups is 2. The van der Waals surface area contributed by atoms with E-state index < -0.39 is 5.60 Å². The molecule has 3 atom stereocenters. The van der Waals surface area contributed by atoms with Crippen molar-refractivity contribution in [3.05, 3.63) is 0 Å². The number of hydrogen-bond donors (Lipinski definition) is 0. The monoisotopic (exact) mass is 376 g/mol. The summed E-state index contributed by atoms with van der Waals surface area (Å²) >= 11 is 0. The van der Waals surface area contributed by atoms with E-state index in [9.17, 15) is 9.59 Å². The summed E-state index contributed by atoms with van der Waals surface area (Å²) in [6.45, 7) is 7.51. The van der Waals surface area contributed by atoms with Crippen LogP contribution in [0.25, 0.3) is 0 Å². The van der Waals surface area contributed by atoms with Gasteiger partial charge in [-0.05, 0) is 58.8 Å². The molecule has 5 nitrogen and oxygen atoms in total. The van der Waals surface area contributed by atoms with Crippen LogP contribution < -0.4 is 0 Å². The van der Waals surface area contributed by atoms with Crippen molar-refractivity contribution in [2.75, 3.05) is 13.1 Å². The molecular weight excluding hydrogens is 340 g/mol. The molecule has 27 heavy (non-hydrogen) atoms. The van der Waals surface area contributed by atoms with E-state index in [-0.39, 0.29) is 24.1 Å². The van der Waals surface area contributed by atoms with Crippen LogP contribution in [0.2, 0.25) is 0 Å². The van der Waals surface area contributed by atoms with Gasteiger partial charge in [-0.3, -0.25) is 9.69 Å². The Labute approximate surface area is 163 Å². The van der Waals surface area contributed by atoms with Crippen molar-refractivity contribution in [2.45, 2.75) is 103 Å². The Kier molecular flexibility index (Phi) is 4.92.